The Hall–Kier alpha value is -3.09. The highest BCUT2D eigenvalue weighted by molar-refractivity contribution is 8.00. The number of carbonyl (C=O) groups is 1. The number of halogens is 1. The van der Waals surface area contributed by atoms with Gasteiger partial charge in [0.15, 0.2) is 5.82 Å². The summed E-state index contributed by atoms with van der Waals surface area (Å²) < 4.78 is 2.19. The lowest BCUT2D eigenvalue weighted by Gasteiger charge is -2.18. The molecular formula is C27H25ClN4OS. The second-order valence-corrected chi connectivity index (χ2v) is 9.89. The minimum absolute atomic E-state index is 0.126. The maximum absolute atomic E-state index is 13.5. The van der Waals surface area contributed by atoms with E-state index in [2.05, 4.69) is 20.1 Å². The summed E-state index contributed by atoms with van der Waals surface area (Å²) in [7, 11) is 0. The van der Waals surface area contributed by atoms with Gasteiger partial charge in [-0.05, 0) is 48.7 Å². The first-order chi connectivity index (χ1) is 16.7. The van der Waals surface area contributed by atoms with E-state index in [0.717, 1.165) is 53.5 Å². The number of amides is 1. The predicted octanol–water partition coefficient (Wildman–Crippen LogP) is 6.80. The summed E-state index contributed by atoms with van der Waals surface area (Å²) >= 11 is 8.03. The summed E-state index contributed by atoms with van der Waals surface area (Å²) in [5.74, 6) is 1.72. The number of hydrogen-bond acceptors (Lipinski definition) is 4. The van der Waals surface area contributed by atoms with Crippen LogP contribution in [0.3, 0.4) is 0 Å². The topological polar surface area (TPSA) is 59.8 Å². The van der Waals surface area contributed by atoms with Crippen LogP contribution in [0.1, 0.15) is 35.9 Å². The fourth-order valence-electron chi connectivity index (χ4n) is 4.19. The number of aryl methyl sites for hydroxylation is 1. The number of anilines is 1. The van der Waals surface area contributed by atoms with E-state index in [4.69, 9.17) is 11.6 Å². The van der Waals surface area contributed by atoms with Gasteiger partial charge in [-0.2, -0.15) is 0 Å². The van der Waals surface area contributed by atoms with Crippen LogP contribution in [0.25, 0.3) is 11.4 Å². The number of carbonyl (C=O) groups excluding carboxylic acids is 1. The largest absolute Gasteiger partial charge is 0.323 e. The van der Waals surface area contributed by atoms with Crippen molar-refractivity contribution in [2.75, 3.05) is 5.32 Å². The van der Waals surface area contributed by atoms with Gasteiger partial charge in [0.05, 0.1) is 10.7 Å². The number of benzene rings is 3. The number of nitrogens with zero attached hydrogens (tertiary/aromatic N) is 3. The zero-order valence-corrected chi connectivity index (χ0v) is 20.2. The quantitative estimate of drug-likeness (QED) is 0.303. The lowest BCUT2D eigenvalue weighted by Crippen LogP contribution is -2.19. The minimum atomic E-state index is -0.423. The molecule has 4 aromatic rings. The number of rotatable bonds is 6. The first-order valence-electron chi connectivity index (χ1n) is 11.5. The van der Waals surface area contributed by atoms with Crippen molar-refractivity contribution in [2.45, 2.75) is 42.4 Å². The van der Waals surface area contributed by atoms with Crippen molar-refractivity contribution in [1.29, 1.82) is 0 Å². The summed E-state index contributed by atoms with van der Waals surface area (Å²) in [5, 5.41) is 12.0. The Morgan fingerprint density at radius 2 is 1.71 bits per heavy atom. The maximum Gasteiger partial charge on any atom is 0.242 e. The molecule has 0 aliphatic carbocycles. The minimum Gasteiger partial charge on any atom is -0.323 e. The molecule has 3 aromatic carbocycles. The fraction of sp³-hybridized carbons (Fsp3) is 0.222. The lowest BCUT2D eigenvalue weighted by molar-refractivity contribution is -0.115. The van der Waals surface area contributed by atoms with Crippen LogP contribution in [0.5, 0.6) is 0 Å². The average molecular weight is 489 g/mol. The Morgan fingerprint density at radius 1 is 0.941 bits per heavy atom. The number of nitrogens with one attached hydrogen (secondary N) is 1. The summed E-state index contributed by atoms with van der Waals surface area (Å²) in [4.78, 5) is 14.5. The SMILES string of the molecule is O=C(Nc1cc(-c2nnc3n2CCCCC3)ccc1Cl)[C@@H](Sc1ccccc1)c1ccccc1. The molecule has 0 unspecified atom stereocenters. The highest BCUT2D eigenvalue weighted by atomic mass is 35.5. The summed E-state index contributed by atoms with van der Waals surface area (Å²) in [5.41, 5.74) is 2.40. The Morgan fingerprint density at radius 3 is 2.50 bits per heavy atom. The van der Waals surface area contributed by atoms with Gasteiger partial charge in [-0.25, -0.2) is 0 Å². The van der Waals surface area contributed by atoms with Crippen LogP contribution in [-0.2, 0) is 17.8 Å². The molecule has 0 bridgehead atoms. The van der Waals surface area contributed by atoms with Crippen LogP contribution < -0.4 is 5.32 Å². The van der Waals surface area contributed by atoms with E-state index in [1.54, 1.807) is 0 Å². The zero-order valence-electron chi connectivity index (χ0n) is 18.7. The van der Waals surface area contributed by atoms with Gasteiger partial charge in [-0.3, -0.25) is 4.79 Å². The smallest absolute Gasteiger partial charge is 0.242 e. The Kier molecular flexibility index (Phi) is 6.97. The van der Waals surface area contributed by atoms with Crippen LogP contribution in [0.15, 0.2) is 83.8 Å². The molecule has 0 saturated carbocycles. The van der Waals surface area contributed by atoms with Gasteiger partial charge >= 0.3 is 0 Å². The van der Waals surface area contributed by atoms with Gasteiger partial charge in [0, 0.05) is 23.4 Å². The van der Waals surface area contributed by atoms with E-state index >= 15 is 0 Å². The molecule has 5 nitrogen and oxygen atoms in total. The molecule has 7 heteroatoms. The molecule has 1 aromatic heterocycles. The van der Waals surface area contributed by atoms with Gasteiger partial charge in [-0.1, -0.05) is 66.6 Å². The molecule has 1 aliphatic rings. The van der Waals surface area contributed by atoms with Gasteiger partial charge in [-0.15, -0.1) is 22.0 Å². The molecule has 34 heavy (non-hydrogen) atoms. The average Bonchev–Trinajstić information content (AvgIpc) is 3.13. The van der Waals surface area contributed by atoms with Crippen LogP contribution in [0.4, 0.5) is 5.69 Å². The molecule has 1 atom stereocenters. The van der Waals surface area contributed by atoms with E-state index in [-0.39, 0.29) is 5.91 Å². The van der Waals surface area contributed by atoms with E-state index < -0.39 is 5.25 Å². The summed E-state index contributed by atoms with van der Waals surface area (Å²) in [6, 6.07) is 25.4. The molecule has 1 amide bonds. The molecule has 0 radical (unpaired) electrons. The van der Waals surface area contributed by atoms with Crippen molar-refractivity contribution in [3.63, 3.8) is 0 Å². The second kappa shape index (κ2) is 10.5. The normalized spacial score (nSPS) is 14.1. The van der Waals surface area contributed by atoms with Crippen LogP contribution >= 0.6 is 23.4 Å². The Balaban J connectivity index is 1.43. The molecule has 0 saturated heterocycles. The second-order valence-electron chi connectivity index (χ2n) is 8.31. The van der Waals surface area contributed by atoms with Gasteiger partial charge < -0.3 is 9.88 Å². The molecule has 1 aliphatic heterocycles. The van der Waals surface area contributed by atoms with Gasteiger partial charge in [0.2, 0.25) is 5.91 Å². The molecule has 172 valence electrons. The number of fused-ring (bicyclic) bond motifs is 1. The van der Waals surface area contributed by atoms with Crippen molar-refractivity contribution in [3.05, 3.63) is 95.3 Å². The third-order valence-electron chi connectivity index (χ3n) is 5.93. The van der Waals surface area contributed by atoms with Crippen molar-refractivity contribution in [3.8, 4) is 11.4 Å². The molecular weight excluding hydrogens is 464 g/mol. The summed E-state index contributed by atoms with van der Waals surface area (Å²) in [6.07, 6.45) is 4.40. The molecule has 5 rings (SSSR count). The summed E-state index contributed by atoms with van der Waals surface area (Å²) in [6.45, 7) is 0.909. The van der Waals surface area contributed by atoms with Crippen molar-refractivity contribution in [1.82, 2.24) is 14.8 Å². The third-order valence-corrected chi connectivity index (χ3v) is 7.53. The van der Waals surface area contributed by atoms with E-state index in [1.807, 2.05) is 78.9 Å². The third kappa shape index (κ3) is 5.03. The van der Waals surface area contributed by atoms with Gasteiger partial charge in [0.25, 0.3) is 0 Å². The standard InChI is InChI=1S/C27H25ClN4OS/c28-22-16-15-20(26-31-30-24-14-8-3-9-17-32(24)26)18-23(22)29-27(33)25(19-10-4-1-5-11-19)34-21-12-6-2-7-13-21/h1-2,4-7,10-13,15-16,18,25H,3,8-9,14,17H2,(H,29,33)/t25-/m0/s1. The first kappa shape index (κ1) is 22.7. The molecule has 2 heterocycles. The van der Waals surface area contributed by atoms with E-state index in [1.165, 1.54) is 18.2 Å². The van der Waals surface area contributed by atoms with Crippen LogP contribution in [0.2, 0.25) is 5.02 Å². The number of thioether (sulfide) groups is 1. The van der Waals surface area contributed by atoms with Crippen molar-refractivity contribution in [2.24, 2.45) is 0 Å². The first-order valence-corrected chi connectivity index (χ1v) is 12.7. The van der Waals surface area contributed by atoms with E-state index in [0.29, 0.717) is 10.7 Å². The lowest BCUT2D eigenvalue weighted by atomic mass is 10.1. The molecule has 0 fully saturated rings. The fourth-order valence-corrected chi connectivity index (χ4v) is 5.40. The number of hydrogen-bond donors (Lipinski definition) is 1. The number of aromatic nitrogens is 3. The highest BCUT2D eigenvalue weighted by Crippen LogP contribution is 2.37. The van der Waals surface area contributed by atoms with Crippen LogP contribution in [-0.4, -0.2) is 20.7 Å². The zero-order chi connectivity index (χ0) is 23.3. The van der Waals surface area contributed by atoms with Gasteiger partial charge in [0.1, 0.15) is 11.1 Å². The molecule has 1 N–H and O–H groups in total. The van der Waals surface area contributed by atoms with Crippen molar-refractivity contribution < 1.29 is 4.79 Å². The van der Waals surface area contributed by atoms with E-state index in [9.17, 15) is 4.79 Å². The maximum atomic E-state index is 13.5. The van der Waals surface area contributed by atoms with Crippen LogP contribution in [0, 0.1) is 0 Å². The molecule has 0 spiro atoms. The van der Waals surface area contributed by atoms with Crippen molar-refractivity contribution >= 4 is 35.0 Å². The Bertz CT molecular complexity index is 1280. The highest BCUT2D eigenvalue weighted by Gasteiger charge is 2.24. The Labute approximate surface area is 208 Å². The predicted molar refractivity (Wildman–Crippen MR) is 138 cm³/mol. The monoisotopic (exact) mass is 488 g/mol.